The van der Waals surface area contributed by atoms with Crippen LogP contribution in [0.3, 0.4) is 0 Å². The highest BCUT2D eigenvalue weighted by atomic mass is 16.5. The molecule has 0 fully saturated rings. The van der Waals surface area contributed by atoms with E-state index in [0.29, 0.717) is 45.4 Å². The monoisotopic (exact) mass is 592 g/mol. The lowest BCUT2D eigenvalue weighted by atomic mass is 9.75. The molecule has 3 aromatic rings. The van der Waals surface area contributed by atoms with Crippen molar-refractivity contribution < 1.29 is 23.9 Å². The third kappa shape index (κ3) is 3.46. The van der Waals surface area contributed by atoms with Crippen LogP contribution in [0.15, 0.2) is 18.2 Å². The van der Waals surface area contributed by atoms with Gasteiger partial charge < -0.3 is 14.7 Å². The quantitative estimate of drug-likeness (QED) is 0.207. The van der Waals surface area contributed by atoms with Crippen molar-refractivity contribution in [2.24, 2.45) is 0 Å². The molecule has 2 N–H and O–H groups in total. The summed E-state index contributed by atoms with van der Waals surface area (Å²) in [6, 6.07) is 5.94. The largest absolute Gasteiger partial charge is 0.468 e. The molecule has 0 radical (unpaired) electrons. The summed E-state index contributed by atoms with van der Waals surface area (Å²) in [5.41, 5.74) is 6.42. The maximum atomic E-state index is 14.5. The standard InChI is InChI=1S/C35H36N4O5/c1-8-19-14(2)21-13-26-28(18(6)40)16(4)23(37-26)11-22-15(3)20-9-10-27(41)35(34(43)44-7)30(31(20)38-22)32-29(33(35)42)17(5)24(39-32)12-25(19)36-21/h11-15,19-20,37,39H,8-10H2,1-7H3/t14-,15+,19-,20+,35-/m1/s1. The van der Waals surface area contributed by atoms with Gasteiger partial charge in [0.1, 0.15) is 0 Å². The Morgan fingerprint density at radius 1 is 0.955 bits per heavy atom. The molecule has 0 saturated carbocycles. The van der Waals surface area contributed by atoms with Crippen molar-refractivity contribution in [2.45, 2.75) is 89.9 Å². The van der Waals surface area contributed by atoms with E-state index < -0.39 is 23.0 Å². The van der Waals surface area contributed by atoms with E-state index in [9.17, 15) is 19.2 Å². The number of rotatable bonds is 3. The Bertz CT molecular complexity index is 2020. The third-order valence-electron chi connectivity index (χ3n) is 10.7. The Kier molecular flexibility index (Phi) is 6.16. The van der Waals surface area contributed by atoms with E-state index in [1.165, 1.54) is 7.11 Å². The Balaban J connectivity index is 1.72. The van der Waals surface area contributed by atoms with Crippen molar-refractivity contribution in [3.05, 3.63) is 68.8 Å². The first-order chi connectivity index (χ1) is 20.9. The number of aryl methyl sites for hydroxylation is 2. The average molecular weight is 593 g/mol. The number of methoxy groups -OCH3 is 1. The van der Waals surface area contributed by atoms with E-state index in [-0.39, 0.29) is 35.9 Å². The van der Waals surface area contributed by atoms with Gasteiger partial charge in [-0.15, -0.1) is 0 Å². The van der Waals surface area contributed by atoms with Crippen LogP contribution in [0.2, 0.25) is 0 Å². The van der Waals surface area contributed by atoms with Crippen LogP contribution in [0.5, 0.6) is 0 Å². The Labute approximate surface area is 254 Å². The van der Waals surface area contributed by atoms with Gasteiger partial charge in [0.2, 0.25) is 5.41 Å². The SMILES string of the molecule is CC[C@H]1c2cc3[nH]c4c(c3C)C(=O)[C@@]3(C(=O)OC)C(=O)CC[C@@H]5c(nc(cc6[nH]c(cc(n2)[C@@H]1C)c(C(C)=O)c6C)[C@H]5C)c43. The van der Waals surface area contributed by atoms with Gasteiger partial charge in [0.15, 0.2) is 17.3 Å². The number of esters is 1. The predicted molar refractivity (Wildman–Crippen MR) is 165 cm³/mol. The highest BCUT2D eigenvalue weighted by Gasteiger charge is 2.63. The molecule has 9 nitrogen and oxygen atoms in total. The summed E-state index contributed by atoms with van der Waals surface area (Å²) < 4.78 is 5.21. The van der Waals surface area contributed by atoms with Crippen LogP contribution in [0.1, 0.15) is 131 Å². The molecule has 8 bridgehead atoms. The smallest absolute Gasteiger partial charge is 0.332 e. The van der Waals surface area contributed by atoms with Gasteiger partial charge in [-0.25, -0.2) is 0 Å². The van der Waals surface area contributed by atoms with Gasteiger partial charge >= 0.3 is 5.97 Å². The fourth-order valence-corrected chi connectivity index (χ4v) is 8.25. The minimum Gasteiger partial charge on any atom is -0.468 e. The van der Waals surface area contributed by atoms with E-state index in [1.807, 2.05) is 32.0 Å². The zero-order valence-corrected chi connectivity index (χ0v) is 26.1. The van der Waals surface area contributed by atoms with Crippen molar-refractivity contribution in [3.8, 4) is 0 Å². The molecule has 226 valence electrons. The lowest BCUT2D eigenvalue weighted by molar-refractivity contribution is -0.149. The van der Waals surface area contributed by atoms with Crippen LogP contribution in [0.25, 0.3) is 22.1 Å². The molecule has 0 spiro atoms. The molecule has 5 heterocycles. The highest BCUT2D eigenvalue weighted by Crippen LogP contribution is 2.53. The molecule has 9 heteroatoms. The van der Waals surface area contributed by atoms with Crippen LogP contribution in [0, 0.1) is 13.8 Å². The van der Waals surface area contributed by atoms with Gasteiger partial charge in [-0.05, 0) is 62.9 Å². The molecule has 0 aromatic carbocycles. The van der Waals surface area contributed by atoms with E-state index in [1.54, 1.807) is 6.92 Å². The number of H-pyrrole nitrogens is 2. The second kappa shape index (κ2) is 9.55. The lowest BCUT2D eigenvalue weighted by Crippen LogP contribution is -2.49. The predicted octanol–water partition coefficient (Wildman–Crippen LogP) is 6.29. The topological polar surface area (TPSA) is 135 Å². The minimum atomic E-state index is -2.09. The fourth-order valence-electron chi connectivity index (χ4n) is 8.25. The molecule has 4 aliphatic rings. The number of ketones is 3. The van der Waals surface area contributed by atoms with Crippen molar-refractivity contribution in [1.29, 1.82) is 0 Å². The van der Waals surface area contributed by atoms with Gasteiger partial charge in [-0.2, -0.15) is 0 Å². The summed E-state index contributed by atoms with van der Waals surface area (Å²) >= 11 is 0. The number of hydrogen-bond donors (Lipinski definition) is 2. The second-order valence-corrected chi connectivity index (χ2v) is 12.8. The second-order valence-electron chi connectivity index (χ2n) is 12.8. The normalized spacial score (nSPS) is 25.4. The summed E-state index contributed by atoms with van der Waals surface area (Å²) in [5.74, 6) is -1.98. The lowest BCUT2D eigenvalue weighted by Gasteiger charge is -2.24. The van der Waals surface area contributed by atoms with E-state index in [4.69, 9.17) is 14.7 Å². The molecule has 44 heavy (non-hydrogen) atoms. The highest BCUT2D eigenvalue weighted by molar-refractivity contribution is 6.39. The van der Waals surface area contributed by atoms with Crippen molar-refractivity contribution >= 4 is 45.4 Å². The Hall–Kier alpha value is -4.40. The van der Waals surface area contributed by atoms with Gasteiger partial charge in [0.05, 0.1) is 23.8 Å². The van der Waals surface area contributed by atoms with Crippen molar-refractivity contribution in [2.75, 3.05) is 7.11 Å². The number of aromatic amines is 2. The van der Waals surface area contributed by atoms with Crippen molar-refractivity contribution in [3.63, 3.8) is 0 Å². The number of Topliss-reactive ketones (excluding diaryl/α,β-unsaturated/α-hetero) is 3. The van der Waals surface area contributed by atoms with E-state index in [0.717, 1.165) is 40.1 Å². The first-order valence-electron chi connectivity index (χ1n) is 15.4. The van der Waals surface area contributed by atoms with Crippen LogP contribution in [-0.4, -0.2) is 50.4 Å². The molecule has 2 aliphatic heterocycles. The molecule has 7 rings (SSSR count). The zero-order chi connectivity index (χ0) is 31.4. The van der Waals surface area contributed by atoms with Crippen LogP contribution >= 0.6 is 0 Å². The van der Waals surface area contributed by atoms with E-state index >= 15 is 0 Å². The summed E-state index contributed by atoms with van der Waals surface area (Å²) in [6.45, 7) is 11.7. The molecule has 0 amide bonds. The molecule has 0 unspecified atom stereocenters. The van der Waals surface area contributed by atoms with Crippen LogP contribution in [0.4, 0.5) is 0 Å². The molecule has 5 atom stereocenters. The Morgan fingerprint density at radius 2 is 1.61 bits per heavy atom. The van der Waals surface area contributed by atoms with Crippen LogP contribution in [-0.2, 0) is 19.7 Å². The zero-order valence-electron chi connectivity index (χ0n) is 26.1. The number of nitrogens with one attached hydrogen (secondary N) is 2. The molecular weight excluding hydrogens is 556 g/mol. The van der Waals surface area contributed by atoms with Gasteiger partial charge in [-0.3, -0.25) is 29.1 Å². The Morgan fingerprint density at radius 3 is 2.30 bits per heavy atom. The molecule has 3 aromatic heterocycles. The number of aromatic nitrogens is 4. The maximum absolute atomic E-state index is 14.5. The van der Waals surface area contributed by atoms with Gasteiger partial charge in [0.25, 0.3) is 0 Å². The number of fused-ring (bicyclic) bond motifs is 6. The summed E-state index contributed by atoms with van der Waals surface area (Å²) in [7, 11) is 1.22. The third-order valence-corrected chi connectivity index (χ3v) is 10.7. The number of hydrogen-bond acceptors (Lipinski definition) is 7. The number of carbonyl (C=O) groups is 4. The van der Waals surface area contributed by atoms with Crippen molar-refractivity contribution in [1.82, 2.24) is 19.9 Å². The number of nitrogens with zero attached hydrogens (tertiary/aromatic N) is 2. The minimum absolute atomic E-state index is 0.0410. The van der Waals surface area contributed by atoms with Gasteiger partial charge in [0, 0.05) is 74.9 Å². The summed E-state index contributed by atoms with van der Waals surface area (Å²) in [5, 5.41) is 0. The maximum Gasteiger partial charge on any atom is 0.332 e. The molecular formula is C35H36N4O5. The van der Waals surface area contributed by atoms with Gasteiger partial charge in [-0.1, -0.05) is 20.8 Å². The number of carbonyl (C=O) groups excluding carboxylic acids is 4. The summed E-state index contributed by atoms with van der Waals surface area (Å²) in [6.07, 6.45) is 1.35. The number of ether oxygens (including phenoxy) is 1. The first-order valence-corrected chi connectivity index (χ1v) is 15.4. The molecule has 0 saturated heterocycles. The van der Waals surface area contributed by atoms with Crippen LogP contribution < -0.4 is 0 Å². The summed E-state index contributed by atoms with van der Waals surface area (Å²) in [4.78, 5) is 72.1. The first kappa shape index (κ1) is 28.4. The molecule has 2 aliphatic carbocycles. The average Bonchev–Trinajstić information content (AvgIpc) is 3.69. The van der Waals surface area contributed by atoms with E-state index in [2.05, 4.69) is 30.7 Å². The fraction of sp³-hybridized carbons (Fsp3) is 0.429.